The molecule has 8 atom stereocenters. The molecule has 0 saturated heterocycles. The first-order valence-electron chi connectivity index (χ1n) is 12.3. The molecule has 0 unspecified atom stereocenters. The summed E-state index contributed by atoms with van der Waals surface area (Å²) in [5.74, 6) is 4.83. The van der Waals surface area contributed by atoms with Crippen LogP contribution in [0.4, 0.5) is 0 Å². The zero-order valence-corrected chi connectivity index (χ0v) is 18.9. The van der Waals surface area contributed by atoms with Crippen LogP contribution in [-0.4, -0.2) is 34.0 Å². The molecule has 4 aliphatic rings. The van der Waals surface area contributed by atoms with Crippen LogP contribution in [0.3, 0.4) is 0 Å². The monoisotopic (exact) mass is 412 g/mol. The fourth-order valence-corrected chi connectivity index (χ4v) is 8.76. The summed E-state index contributed by atoms with van der Waals surface area (Å²) in [4.78, 5) is 4.21. The molecule has 1 N–H and O–H groups in total. The summed E-state index contributed by atoms with van der Waals surface area (Å²) in [5.41, 5.74) is 1.26. The van der Waals surface area contributed by atoms with E-state index in [2.05, 4.69) is 29.3 Å². The van der Waals surface area contributed by atoms with Crippen molar-refractivity contribution in [3.63, 3.8) is 0 Å². The number of ether oxygens (including phenoxy) is 1. The molecule has 4 saturated carbocycles. The van der Waals surface area contributed by atoms with Crippen molar-refractivity contribution in [2.75, 3.05) is 13.7 Å². The maximum atomic E-state index is 11.0. The SMILES string of the molecule is C=C(Cn1ccnc1)[C@H]1CC[C@H]2[C@@H]3CC[C@H]4C[C@@](O)(COC)CC[C@@H]4[C@H]3CC[C@]12C. The van der Waals surface area contributed by atoms with Crippen LogP contribution in [0.25, 0.3) is 0 Å². The van der Waals surface area contributed by atoms with Gasteiger partial charge in [-0.25, -0.2) is 4.98 Å². The molecule has 1 heterocycles. The fourth-order valence-electron chi connectivity index (χ4n) is 8.76. The van der Waals surface area contributed by atoms with Crippen molar-refractivity contribution in [3.8, 4) is 0 Å². The molecule has 30 heavy (non-hydrogen) atoms. The first kappa shape index (κ1) is 20.8. The van der Waals surface area contributed by atoms with Gasteiger partial charge >= 0.3 is 0 Å². The van der Waals surface area contributed by atoms with E-state index in [-0.39, 0.29) is 0 Å². The van der Waals surface area contributed by atoms with Crippen LogP contribution in [-0.2, 0) is 11.3 Å². The molecule has 0 amide bonds. The summed E-state index contributed by atoms with van der Waals surface area (Å²) in [6, 6.07) is 0. The summed E-state index contributed by atoms with van der Waals surface area (Å²) in [5, 5.41) is 11.0. The third kappa shape index (κ3) is 3.39. The number of imidazole rings is 1. The van der Waals surface area contributed by atoms with E-state index in [0.29, 0.717) is 23.9 Å². The van der Waals surface area contributed by atoms with Gasteiger partial charge < -0.3 is 14.4 Å². The Morgan fingerprint density at radius 2 is 1.97 bits per heavy atom. The zero-order valence-electron chi connectivity index (χ0n) is 18.9. The van der Waals surface area contributed by atoms with E-state index >= 15 is 0 Å². The standard InChI is InChI=1S/C26H40N2O2/c1-18(15-28-13-12-27-17-28)23-6-7-24-22-5-4-19-14-26(29,16-30-3)11-9-20(19)21(22)8-10-25(23,24)2/h12-13,17,19-24,29H,1,4-11,14-16H2,2-3H3/t19-,20-,21+,22+,23+,24-,25+,26+/m0/s1. The maximum absolute atomic E-state index is 11.0. The molecule has 1 aromatic rings. The minimum absolute atomic E-state index is 0.428. The molecule has 166 valence electrons. The van der Waals surface area contributed by atoms with Gasteiger partial charge in [-0.1, -0.05) is 19.1 Å². The minimum atomic E-state index is -0.574. The molecule has 0 radical (unpaired) electrons. The summed E-state index contributed by atoms with van der Waals surface area (Å²) >= 11 is 0. The number of rotatable bonds is 5. The highest BCUT2D eigenvalue weighted by atomic mass is 16.5. The lowest BCUT2D eigenvalue weighted by Crippen LogP contribution is -2.52. The molecule has 4 fully saturated rings. The van der Waals surface area contributed by atoms with Crippen LogP contribution in [0.5, 0.6) is 0 Å². The molecular formula is C26H40N2O2. The van der Waals surface area contributed by atoms with E-state index in [1.807, 2.05) is 12.5 Å². The van der Waals surface area contributed by atoms with E-state index in [1.54, 1.807) is 7.11 Å². The Kier molecular flexibility index (Phi) is 5.38. The van der Waals surface area contributed by atoms with Crippen LogP contribution < -0.4 is 0 Å². The first-order valence-corrected chi connectivity index (χ1v) is 12.3. The van der Waals surface area contributed by atoms with E-state index in [4.69, 9.17) is 4.74 Å². The largest absolute Gasteiger partial charge is 0.387 e. The number of hydrogen-bond donors (Lipinski definition) is 1. The van der Waals surface area contributed by atoms with Gasteiger partial charge in [0, 0.05) is 26.0 Å². The van der Waals surface area contributed by atoms with E-state index in [1.165, 1.54) is 50.5 Å². The lowest BCUT2D eigenvalue weighted by Gasteiger charge is -2.57. The van der Waals surface area contributed by atoms with Crippen LogP contribution in [0.2, 0.25) is 0 Å². The Morgan fingerprint density at radius 3 is 2.73 bits per heavy atom. The number of aromatic nitrogens is 2. The molecule has 0 aliphatic heterocycles. The van der Waals surface area contributed by atoms with Crippen LogP contribution in [0, 0.1) is 40.9 Å². The Morgan fingerprint density at radius 1 is 1.13 bits per heavy atom. The van der Waals surface area contributed by atoms with Gasteiger partial charge in [0.1, 0.15) is 0 Å². The summed E-state index contributed by atoms with van der Waals surface area (Å²) < 4.78 is 7.53. The lowest BCUT2D eigenvalue weighted by atomic mass is 9.48. The Hall–Kier alpha value is -1.13. The average Bonchev–Trinajstić information content (AvgIpc) is 3.34. The second-order valence-electron chi connectivity index (χ2n) is 11.4. The molecule has 4 nitrogen and oxygen atoms in total. The fraction of sp³-hybridized carbons (Fsp3) is 0.808. The first-order chi connectivity index (χ1) is 14.4. The number of methoxy groups -OCH3 is 1. The van der Waals surface area contributed by atoms with Crippen molar-refractivity contribution in [2.45, 2.75) is 76.9 Å². The molecular weight excluding hydrogens is 372 g/mol. The molecule has 0 bridgehead atoms. The van der Waals surface area contributed by atoms with E-state index in [0.717, 1.165) is 43.1 Å². The van der Waals surface area contributed by atoms with E-state index in [9.17, 15) is 5.11 Å². The quantitative estimate of drug-likeness (QED) is 0.686. The smallest absolute Gasteiger partial charge is 0.0948 e. The summed E-state index contributed by atoms with van der Waals surface area (Å²) in [6.07, 6.45) is 17.1. The summed E-state index contributed by atoms with van der Waals surface area (Å²) in [7, 11) is 1.72. The lowest BCUT2D eigenvalue weighted by molar-refractivity contribution is -0.123. The van der Waals surface area contributed by atoms with Crippen LogP contribution in [0.15, 0.2) is 30.9 Å². The van der Waals surface area contributed by atoms with Crippen molar-refractivity contribution in [1.82, 2.24) is 9.55 Å². The Labute approximate surface area is 182 Å². The van der Waals surface area contributed by atoms with Gasteiger partial charge in [-0.15, -0.1) is 0 Å². The minimum Gasteiger partial charge on any atom is -0.387 e. The number of aliphatic hydroxyl groups is 1. The Bertz CT molecular complexity index is 761. The molecule has 0 aromatic carbocycles. The van der Waals surface area contributed by atoms with Gasteiger partial charge in [-0.3, -0.25) is 0 Å². The van der Waals surface area contributed by atoms with Gasteiger partial charge in [0.05, 0.1) is 18.5 Å². The predicted molar refractivity (Wildman–Crippen MR) is 119 cm³/mol. The molecule has 0 spiro atoms. The maximum Gasteiger partial charge on any atom is 0.0948 e. The van der Waals surface area contributed by atoms with Crippen molar-refractivity contribution in [1.29, 1.82) is 0 Å². The number of fused-ring (bicyclic) bond motifs is 5. The Balaban J connectivity index is 1.29. The second kappa shape index (κ2) is 7.78. The zero-order chi connectivity index (χ0) is 20.9. The van der Waals surface area contributed by atoms with Gasteiger partial charge in [-0.05, 0) is 98.7 Å². The number of hydrogen-bond acceptors (Lipinski definition) is 3. The average molecular weight is 413 g/mol. The molecule has 4 aliphatic carbocycles. The third-order valence-corrected chi connectivity index (χ3v) is 9.95. The van der Waals surface area contributed by atoms with Crippen molar-refractivity contribution in [3.05, 3.63) is 30.9 Å². The van der Waals surface area contributed by atoms with Crippen LogP contribution in [0.1, 0.15) is 64.7 Å². The molecule has 1 aromatic heterocycles. The van der Waals surface area contributed by atoms with Crippen molar-refractivity contribution >= 4 is 0 Å². The molecule has 5 rings (SSSR count). The third-order valence-electron chi connectivity index (χ3n) is 9.95. The van der Waals surface area contributed by atoms with Crippen molar-refractivity contribution < 1.29 is 9.84 Å². The highest BCUT2D eigenvalue weighted by molar-refractivity contribution is 5.16. The summed E-state index contributed by atoms with van der Waals surface area (Å²) in [6.45, 7) is 8.58. The number of nitrogens with zero attached hydrogens (tertiary/aromatic N) is 2. The highest BCUT2D eigenvalue weighted by Crippen LogP contribution is 2.65. The van der Waals surface area contributed by atoms with Gasteiger partial charge in [0.15, 0.2) is 0 Å². The van der Waals surface area contributed by atoms with Crippen LogP contribution >= 0.6 is 0 Å². The van der Waals surface area contributed by atoms with E-state index < -0.39 is 5.60 Å². The van der Waals surface area contributed by atoms with Gasteiger partial charge in [0.25, 0.3) is 0 Å². The normalized spacial score (nSPS) is 45.4. The van der Waals surface area contributed by atoms with Crippen molar-refractivity contribution in [2.24, 2.45) is 40.9 Å². The number of allylic oxidation sites excluding steroid dienone is 1. The van der Waals surface area contributed by atoms with Gasteiger partial charge in [0.2, 0.25) is 0 Å². The predicted octanol–water partition coefficient (Wildman–Crippen LogP) is 5.09. The second-order valence-corrected chi connectivity index (χ2v) is 11.4. The topological polar surface area (TPSA) is 47.3 Å². The highest BCUT2D eigenvalue weighted by Gasteiger charge is 2.58. The van der Waals surface area contributed by atoms with Gasteiger partial charge in [-0.2, -0.15) is 0 Å². The molecule has 4 heteroatoms.